The molecule has 33 heavy (non-hydrogen) atoms. The molecule has 1 aliphatic rings. The van der Waals surface area contributed by atoms with Gasteiger partial charge in [-0.3, -0.25) is 14.5 Å². The van der Waals surface area contributed by atoms with Crippen molar-refractivity contribution in [3.63, 3.8) is 0 Å². The molecule has 1 aliphatic heterocycles. The smallest absolute Gasteiger partial charge is 0.269 e. The monoisotopic (exact) mass is 493 g/mol. The number of rotatable bonds is 5. The third-order valence-corrected chi connectivity index (χ3v) is 6.82. The molecule has 3 aromatic carbocycles. The van der Waals surface area contributed by atoms with Crippen molar-refractivity contribution in [2.24, 2.45) is 0 Å². The van der Waals surface area contributed by atoms with Crippen LogP contribution in [-0.2, 0) is 16.0 Å². The Morgan fingerprint density at radius 3 is 2.33 bits per heavy atom. The summed E-state index contributed by atoms with van der Waals surface area (Å²) in [6.07, 6.45) is 0.429. The van der Waals surface area contributed by atoms with E-state index in [0.717, 1.165) is 5.56 Å². The molecule has 1 fully saturated rings. The van der Waals surface area contributed by atoms with Crippen LogP contribution in [0.4, 0.5) is 11.4 Å². The van der Waals surface area contributed by atoms with Gasteiger partial charge in [0.1, 0.15) is 16.7 Å². The standard InChI is InChI=1S/C25H17Cl2N3O2S/c26-17-12-10-16(11-13-17)14-22-24(32)30(18-6-2-1-3-7-18)25(33-22)19(15-28)23(31)29-21-9-5-4-8-20(21)27/h1-13,22H,14H2,(H,29,31)/b25-19-/t22-/m1/s1. The zero-order chi connectivity index (χ0) is 23.4. The molecule has 164 valence electrons. The zero-order valence-corrected chi connectivity index (χ0v) is 19.5. The first kappa shape index (κ1) is 22.9. The summed E-state index contributed by atoms with van der Waals surface area (Å²) in [5.41, 5.74) is 1.74. The molecule has 4 rings (SSSR count). The van der Waals surface area contributed by atoms with Gasteiger partial charge in [-0.2, -0.15) is 5.26 Å². The molecule has 1 heterocycles. The number of para-hydroxylation sites is 2. The van der Waals surface area contributed by atoms with Gasteiger partial charge in [-0.1, -0.05) is 77.4 Å². The fraction of sp³-hybridized carbons (Fsp3) is 0.0800. The van der Waals surface area contributed by atoms with Crippen LogP contribution in [0.25, 0.3) is 0 Å². The Morgan fingerprint density at radius 2 is 1.67 bits per heavy atom. The molecule has 0 radical (unpaired) electrons. The Kier molecular flexibility index (Phi) is 7.05. The maximum atomic E-state index is 13.4. The predicted molar refractivity (Wildman–Crippen MR) is 133 cm³/mol. The Labute approximate surface area is 205 Å². The molecular formula is C25H17Cl2N3O2S. The van der Waals surface area contributed by atoms with Gasteiger partial charge in [-0.25, -0.2) is 0 Å². The van der Waals surface area contributed by atoms with Crippen LogP contribution in [0.5, 0.6) is 0 Å². The molecule has 0 aliphatic carbocycles. The van der Waals surface area contributed by atoms with Gasteiger partial charge in [0.05, 0.1) is 16.0 Å². The van der Waals surface area contributed by atoms with Crippen molar-refractivity contribution in [3.05, 3.63) is 105 Å². The Hall–Kier alpha value is -3.24. The van der Waals surface area contributed by atoms with Crippen LogP contribution in [0.3, 0.4) is 0 Å². The number of anilines is 2. The number of amides is 2. The first-order valence-corrected chi connectivity index (χ1v) is 11.6. The van der Waals surface area contributed by atoms with E-state index in [1.807, 2.05) is 24.3 Å². The van der Waals surface area contributed by atoms with E-state index in [0.29, 0.717) is 27.8 Å². The van der Waals surface area contributed by atoms with Gasteiger partial charge in [-0.05, 0) is 48.4 Å². The maximum Gasteiger partial charge on any atom is 0.269 e. The highest BCUT2D eigenvalue weighted by Crippen LogP contribution is 2.42. The first-order chi connectivity index (χ1) is 16.0. The topological polar surface area (TPSA) is 73.2 Å². The molecule has 0 aromatic heterocycles. The first-order valence-electron chi connectivity index (χ1n) is 9.98. The fourth-order valence-electron chi connectivity index (χ4n) is 3.38. The third-order valence-electron chi connectivity index (χ3n) is 4.98. The van der Waals surface area contributed by atoms with Crippen LogP contribution in [0.1, 0.15) is 5.56 Å². The van der Waals surface area contributed by atoms with Crippen molar-refractivity contribution in [3.8, 4) is 6.07 Å². The van der Waals surface area contributed by atoms with Gasteiger partial charge in [-0.15, -0.1) is 0 Å². The summed E-state index contributed by atoms with van der Waals surface area (Å²) in [6, 6.07) is 25.0. The van der Waals surface area contributed by atoms with Gasteiger partial charge >= 0.3 is 0 Å². The second kappa shape index (κ2) is 10.1. The summed E-state index contributed by atoms with van der Waals surface area (Å²) in [5.74, 6) is -0.830. The van der Waals surface area contributed by atoms with E-state index >= 15 is 0 Å². The van der Waals surface area contributed by atoms with Crippen molar-refractivity contribution < 1.29 is 9.59 Å². The minimum Gasteiger partial charge on any atom is -0.320 e. The highest BCUT2D eigenvalue weighted by molar-refractivity contribution is 8.05. The number of hydrogen-bond acceptors (Lipinski definition) is 4. The van der Waals surface area contributed by atoms with E-state index in [2.05, 4.69) is 5.32 Å². The number of nitrogens with one attached hydrogen (secondary N) is 1. The molecule has 5 nitrogen and oxygen atoms in total. The molecule has 0 bridgehead atoms. The number of hydrogen-bond donors (Lipinski definition) is 1. The second-order valence-electron chi connectivity index (χ2n) is 7.17. The minimum absolute atomic E-state index is 0.157. The van der Waals surface area contributed by atoms with Crippen molar-refractivity contribution in [2.45, 2.75) is 11.7 Å². The number of halogens is 2. The van der Waals surface area contributed by atoms with Crippen molar-refractivity contribution in [1.29, 1.82) is 5.26 Å². The molecule has 0 saturated carbocycles. The summed E-state index contributed by atoms with van der Waals surface area (Å²) in [5, 5.41) is 13.3. The molecule has 2 amide bonds. The number of carbonyl (C=O) groups is 2. The summed E-state index contributed by atoms with van der Waals surface area (Å²) in [4.78, 5) is 27.9. The number of thioether (sulfide) groups is 1. The minimum atomic E-state index is -0.631. The van der Waals surface area contributed by atoms with Crippen LogP contribution in [0, 0.1) is 11.3 Å². The van der Waals surface area contributed by atoms with Crippen molar-refractivity contribution in [2.75, 3.05) is 10.2 Å². The van der Waals surface area contributed by atoms with E-state index in [9.17, 15) is 14.9 Å². The molecular weight excluding hydrogens is 477 g/mol. The Balaban J connectivity index is 1.72. The van der Waals surface area contributed by atoms with Gasteiger partial charge in [0.15, 0.2) is 0 Å². The number of benzene rings is 3. The van der Waals surface area contributed by atoms with E-state index in [1.54, 1.807) is 60.7 Å². The van der Waals surface area contributed by atoms with Gasteiger partial charge in [0, 0.05) is 10.7 Å². The van der Waals surface area contributed by atoms with Crippen LogP contribution in [0.2, 0.25) is 10.0 Å². The Morgan fingerprint density at radius 1 is 1.00 bits per heavy atom. The lowest BCUT2D eigenvalue weighted by Gasteiger charge is -2.18. The predicted octanol–water partition coefficient (Wildman–Crippen LogP) is 6.06. The fourth-order valence-corrected chi connectivity index (χ4v) is 5.00. The SMILES string of the molecule is N#C/C(C(=O)Nc1ccccc1Cl)=C1/S[C@H](Cc2ccc(Cl)cc2)C(=O)N1c1ccccc1. The summed E-state index contributed by atoms with van der Waals surface area (Å²) >= 11 is 13.3. The Bertz CT molecular complexity index is 1270. The molecule has 8 heteroatoms. The lowest BCUT2D eigenvalue weighted by Crippen LogP contribution is -2.30. The zero-order valence-electron chi connectivity index (χ0n) is 17.2. The lowest BCUT2D eigenvalue weighted by molar-refractivity contribution is -0.117. The summed E-state index contributed by atoms with van der Waals surface area (Å²) in [7, 11) is 0. The van der Waals surface area contributed by atoms with Crippen LogP contribution < -0.4 is 10.2 Å². The highest BCUT2D eigenvalue weighted by Gasteiger charge is 2.40. The van der Waals surface area contributed by atoms with E-state index in [4.69, 9.17) is 23.2 Å². The second-order valence-corrected chi connectivity index (χ2v) is 9.21. The highest BCUT2D eigenvalue weighted by atomic mass is 35.5. The number of nitriles is 1. The molecule has 0 spiro atoms. The van der Waals surface area contributed by atoms with Crippen LogP contribution >= 0.6 is 35.0 Å². The number of carbonyl (C=O) groups excluding carboxylic acids is 2. The van der Waals surface area contributed by atoms with E-state index in [-0.39, 0.29) is 16.5 Å². The van der Waals surface area contributed by atoms with Crippen molar-refractivity contribution in [1.82, 2.24) is 0 Å². The summed E-state index contributed by atoms with van der Waals surface area (Å²) < 4.78 is 0. The number of nitrogens with zero attached hydrogens (tertiary/aromatic N) is 2. The maximum absolute atomic E-state index is 13.4. The lowest BCUT2D eigenvalue weighted by atomic mass is 10.1. The molecule has 3 aromatic rings. The van der Waals surface area contributed by atoms with E-state index in [1.165, 1.54) is 16.7 Å². The third kappa shape index (κ3) is 5.07. The van der Waals surface area contributed by atoms with Crippen molar-refractivity contribution >= 4 is 58.2 Å². The molecule has 1 atom stereocenters. The van der Waals surface area contributed by atoms with Gasteiger partial charge in [0.25, 0.3) is 5.91 Å². The average molecular weight is 494 g/mol. The quantitative estimate of drug-likeness (QED) is 0.346. The van der Waals surface area contributed by atoms with Gasteiger partial charge in [0.2, 0.25) is 5.91 Å². The molecule has 1 N–H and O–H groups in total. The van der Waals surface area contributed by atoms with Crippen LogP contribution in [-0.4, -0.2) is 17.1 Å². The van der Waals surface area contributed by atoms with Gasteiger partial charge < -0.3 is 5.32 Å². The average Bonchev–Trinajstić information content (AvgIpc) is 3.13. The molecule has 1 saturated heterocycles. The van der Waals surface area contributed by atoms with E-state index < -0.39 is 11.2 Å². The summed E-state index contributed by atoms with van der Waals surface area (Å²) in [6.45, 7) is 0. The molecule has 0 unspecified atom stereocenters. The largest absolute Gasteiger partial charge is 0.320 e. The normalized spacial score (nSPS) is 16.9. The van der Waals surface area contributed by atoms with Crippen LogP contribution in [0.15, 0.2) is 89.5 Å².